The van der Waals surface area contributed by atoms with E-state index >= 15 is 0 Å². The van der Waals surface area contributed by atoms with Gasteiger partial charge in [-0.25, -0.2) is 4.98 Å². The van der Waals surface area contributed by atoms with Crippen molar-refractivity contribution in [1.29, 1.82) is 0 Å². The molecule has 0 saturated heterocycles. The number of aromatic amines is 1. The smallest absolute Gasteiger partial charge is 0.120 e. The highest BCUT2D eigenvalue weighted by atomic mass is 32.1. The van der Waals surface area contributed by atoms with Crippen molar-refractivity contribution in [1.82, 2.24) is 15.3 Å². The van der Waals surface area contributed by atoms with Gasteiger partial charge in [-0.2, -0.15) is 0 Å². The Hall–Kier alpha value is -1.13. The molecule has 0 aliphatic heterocycles. The summed E-state index contributed by atoms with van der Waals surface area (Å²) in [5.74, 6) is 1.00. The number of hydrogen-bond donors (Lipinski definition) is 2. The van der Waals surface area contributed by atoms with Gasteiger partial charge in [0.05, 0.1) is 23.3 Å². The van der Waals surface area contributed by atoms with Crippen LogP contribution < -0.4 is 5.32 Å². The number of thiophene rings is 1. The van der Waals surface area contributed by atoms with Gasteiger partial charge >= 0.3 is 0 Å². The van der Waals surface area contributed by atoms with Gasteiger partial charge < -0.3 is 10.3 Å². The molecule has 0 aromatic carbocycles. The number of nitrogens with zero attached hydrogens (tertiary/aromatic N) is 1. The molecular formula is C12H17N3S. The maximum Gasteiger partial charge on any atom is 0.120 e. The predicted molar refractivity (Wildman–Crippen MR) is 68.5 cm³/mol. The van der Waals surface area contributed by atoms with E-state index in [1.54, 1.807) is 11.3 Å². The first kappa shape index (κ1) is 11.4. The molecule has 1 unspecified atom stereocenters. The first-order valence-electron chi connectivity index (χ1n) is 5.60. The zero-order chi connectivity index (χ0) is 11.4. The van der Waals surface area contributed by atoms with Crippen molar-refractivity contribution in [2.75, 3.05) is 0 Å². The topological polar surface area (TPSA) is 40.7 Å². The second-order valence-corrected chi connectivity index (χ2v) is 4.86. The average molecular weight is 235 g/mol. The molecule has 0 saturated carbocycles. The van der Waals surface area contributed by atoms with Crippen LogP contribution in [0.1, 0.15) is 26.1 Å². The maximum absolute atomic E-state index is 4.37. The number of rotatable bonds is 5. The molecule has 0 bridgehead atoms. The predicted octanol–water partition coefficient (Wildman–Crippen LogP) is 3.03. The average Bonchev–Trinajstić information content (AvgIpc) is 2.95. The summed E-state index contributed by atoms with van der Waals surface area (Å²) in [6, 6.07) is 4.69. The third-order valence-electron chi connectivity index (χ3n) is 2.65. The molecule has 1 atom stereocenters. The van der Waals surface area contributed by atoms with Crippen molar-refractivity contribution in [3.05, 3.63) is 29.5 Å². The summed E-state index contributed by atoms with van der Waals surface area (Å²) in [5.41, 5.74) is 1.11. The Morgan fingerprint density at radius 3 is 3.12 bits per heavy atom. The number of aromatic nitrogens is 2. The summed E-state index contributed by atoms with van der Waals surface area (Å²) in [4.78, 5) is 8.94. The van der Waals surface area contributed by atoms with E-state index in [-0.39, 0.29) is 0 Å². The van der Waals surface area contributed by atoms with E-state index in [1.807, 2.05) is 6.20 Å². The number of imidazole rings is 1. The summed E-state index contributed by atoms with van der Waals surface area (Å²) >= 11 is 1.73. The Balaban J connectivity index is 1.98. The van der Waals surface area contributed by atoms with Gasteiger partial charge in [-0.1, -0.05) is 13.0 Å². The third-order valence-corrected chi connectivity index (χ3v) is 3.55. The quantitative estimate of drug-likeness (QED) is 0.836. The normalized spacial score (nSPS) is 12.9. The first-order chi connectivity index (χ1) is 7.79. The Kier molecular flexibility index (Phi) is 3.74. The maximum atomic E-state index is 4.37. The molecular weight excluding hydrogens is 218 g/mol. The van der Waals surface area contributed by atoms with E-state index in [4.69, 9.17) is 0 Å². The van der Waals surface area contributed by atoms with Crippen LogP contribution in [0.5, 0.6) is 0 Å². The molecule has 86 valence electrons. The fourth-order valence-electron chi connectivity index (χ4n) is 1.42. The van der Waals surface area contributed by atoms with Crippen molar-refractivity contribution in [3.8, 4) is 10.6 Å². The molecule has 3 nitrogen and oxygen atoms in total. The second-order valence-electron chi connectivity index (χ2n) is 3.91. The van der Waals surface area contributed by atoms with Gasteiger partial charge in [-0.3, -0.25) is 0 Å². The summed E-state index contributed by atoms with van der Waals surface area (Å²) in [7, 11) is 0. The molecule has 2 N–H and O–H groups in total. The summed E-state index contributed by atoms with van der Waals surface area (Å²) in [6.07, 6.45) is 3.04. The van der Waals surface area contributed by atoms with Crippen molar-refractivity contribution < 1.29 is 0 Å². The van der Waals surface area contributed by atoms with Crippen LogP contribution in [0.2, 0.25) is 0 Å². The lowest BCUT2D eigenvalue weighted by atomic mass is 10.2. The molecule has 0 fully saturated rings. The Bertz CT molecular complexity index is 419. The number of nitrogens with one attached hydrogen (secondary N) is 2. The van der Waals surface area contributed by atoms with Gasteiger partial charge in [-0.15, -0.1) is 11.3 Å². The van der Waals surface area contributed by atoms with Crippen LogP contribution in [-0.4, -0.2) is 16.0 Å². The van der Waals surface area contributed by atoms with Crippen molar-refractivity contribution in [2.45, 2.75) is 32.9 Å². The number of H-pyrrole nitrogens is 1. The van der Waals surface area contributed by atoms with E-state index in [2.05, 4.69) is 46.6 Å². The van der Waals surface area contributed by atoms with Crippen LogP contribution >= 0.6 is 11.3 Å². The van der Waals surface area contributed by atoms with E-state index < -0.39 is 0 Å². The summed E-state index contributed by atoms with van der Waals surface area (Å²) in [6.45, 7) is 5.17. The highest BCUT2D eigenvalue weighted by molar-refractivity contribution is 7.13. The minimum Gasteiger partial charge on any atom is -0.340 e. The minimum atomic E-state index is 0.537. The molecule has 0 aliphatic carbocycles. The van der Waals surface area contributed by atoms with E-state index in [9.17, 15) is 0 Å². The molecule has 2 aromatic heterocycles. The van der Waals surface area contributed by atoms with Crippen LogP contribution in [0.15, 0.2) is 23.7 Å². The van der Waals surface area contributed by atoms with Gasteiger partial charge in [0, 0.05) is 6.04 Å². The Labute approximate surface area is 99.9 Å². The van der Waals surface area contributed by atoms with Gasteiger partial charge in [-0.05, 0) is 24.8 Å². The lowest BCUT2D eigenvalue weighted by molar-refractivity contribution is 0.525. The van der Waals surface area contributed by atoms with Gasteiger partial charge in [0.1, 0.15) is 5.82 Å². The Morgan fingerprint density at radius 2 is 2.44 bits per heavy atom. The summed E-state index contributed by atoms with van der Waals surface area (Å²) in [5, 5.41) is 5.49. The highest BCUT2D eigenvalue weighted by Gasteiger charge is 2.04. The fourth-order valence-corrected chi connectivity index (χ4v) is 2.12. The van der Waals surface area contributed by atoms with Crippen molar-refractivity contribution in [3.63, 3.8) is 0 Å². The van der Waals surface area contributed by atoms with Crippen molar-refractivity contribution >= 4 is 11.3 Å². The lowest BCUT2D eigenvalue weighted by Crippen LogP contribution is -2.24. The van der Waals surface area contributed by atoms with Gasteiger partial charge in [0.2, 0.25) is 0 Å². The van der Waals surface area contributed by atoms with Crippen LogP contribution in [0.25, 0.3) is 10.6 Å². The first-order valence-corrected chi connectivity index (χ1v) is 6.48. The molecule has 0 aliphatic rings. The molecule has 16 heavy (non-hydrogen) atoms. The van der Waals surface area contributed by atoms with E-state index in [0.29, 0.717) is 6.04 Å². The molecule has 2 rings (SSSR count). The number of hydrogen-bond acceptors (Lipinski definition) is 3. The monoisotopic (exact) mass is 235 g/mol. The molecule has 2 heterocycles. The van der Waals surface area contributed by atoms with E-state index in [1.165, 1.54) is 4.88 Å². The van der Waals surface area contributed by atoms with Crippen molar-refractivity contribution in [2.24, 2.45) is 0 Å². The molecule has 0 amide bonds. The summed E-state index contributed by atoms with van der Waals surface area (Å²) < 4.78 is 0. The molecule has 2 aromatic rings. The zero-order valence-corrected chi connectivity index (χ0v) is 10.5. The second kappa shape index (κ2) is 5.27. The molecule has 0 spiro atoms. The lowest BCUT2D eigenvalue weighted by Gasteiger charge is -2.08. The van der Waals surface area contributed by atoms with Gasteiger partial charge in [0.25, 0.3) is 0 Å². The fraction of sp³-hybridized carbons (Fsp3) is 0.417. The minimum absolute atomic E-state index is 0.537. The molecule has 4 heteroatoms. The Morgan fingerprint density at radius 1 is 1.56 bits per heavy atom. The third kappa shape index (κ3) is 2.71. The highest BCUT2D eigenvalue weighted by Crippen LogP contribution is 2.22. The van der Waals surface area contributed by atoms with Crippen LogP contribution in [0, 0.1) is 0 Å². The van der Waals surface area contributed by atoms with Crippen LogP contribution in [-0.2, 0) is 6.54 Å². The molecule has 0 radical (unpaired) electrons. The largest absolute Gasteiger partial charge is 0.340 e. The van der Waals surface area contributed by atoms with Crippen LogP contribution in [0.4, 0.5) is 0 Å². The van der Waals surface area contributed by atoms with E-state index in [0.717, 1.165) is 24.5 Å². The van der Waals surface area contributed by atoms with Crippen LogP contribution in [0.3, 0.4) is 0 Å². The standard InChI is InChI=1S/C12H17N3S/c1-3-9(2)13-8-12-14-7-10(15-12)11-5-4-6-16-11/h4-7,9,13H,3,8H2,1-2H3,(H,14,15). The van der Waals surface area contributed by atoms with Gasteiger partial charge in [0.15, 0.2) is 0 Å². The zero-order valence-electron chi connectivity index (χ0n) is 9.66. The SMILES string of the molecule is CCC(C)NCc1ncc(-c2cccs2)[nH]1.